The van der Waals surface area contributed by atoms with E-state index in [2.05, 4.69) is 5.32 Å². The summed E-state index contributed by atoms with van der Waals surface area (Å²) in [4.78, 5) is 26.5. The molecule has 0 bridgehead atoms. The van der Waals surface area contributed by atoms with E-state index in [0.717, 1.165) is 10.1 Å². The molecule has 0 fully saturated rings. The van der Waals surface area contributed by atoms with Gasteiger partial charge >= 0.3 is 0 Å². The molecule has 1 aromatic heterocycles. The Hall–Kier alpha value is -2.37. The van der Waals surface area contributed by atoms with Crippen LogP contribution in [-0.2, 0) is 0 Å². The number of carbonyl (C=O) groups is 2. The molecular formula is C18H15ClN2O2S. The van der Waals surface area contributed by atoms with Gasteiger partial charge in [0.2, 0.25) is 0 Å². The van der Waals surface area contributed by atoms with Crippen molar-refractivity contribution in [1.82, 2.24) is 4.90 Å². The molecule has 0 atom stereocenters. The maximum absolute atomic E-state index is 12.5. The fraction of sp³-hybridized carbons (Fsp3) is 0.111. The zero-order chi connectivity index (χ0) is 17.3. The summed E-state index contributed by atoms with van der Waals surface area (Å²) in [6.07, 6.45) is 0. The van der Waals surface area contributed by atoms with Gasteiger partial charge in [-0.1, -0.05) is 35.9 Å². The number of amides is 2. The first-order valence-electron chi connectivity index (χ1n) is 7.27. The molecule has 0 saturated heterocycles. The summed E-state index contributed by atoms with van der Waals surface area (Å²) in [6.45, 7) is 0. The number of hydrogen-bond donors (Lipinski definition) is 1. The summed E-state index contributed by atoms with van der Waals surface area (Å²) in [5.74, 6) is -0.401. The van der Waals surface area contributed by atoms with Gasteiger partial charge in [0, 0.05) is 35.4 Å². The van der Waals surface area contributed by atoms with Crippen molar-refractivity contribution < 1.29 is 9.59 Å². The second-order valence-corrected chi connectivity index (χ2v) is 6.91. The van der Waals surface area contributed by atoms with Crippen molar-refractivity contribution in [2.75, 3.05) is 19.4 Å². The monoisotopic (exact) mass is 358 g/mol. The minimum Gasteiger partial charge on any atom is -0.345 e. The zero-order valence-corrected chi connectivity index (χ0v) is 14.7. The number of nitrogens with one attached hydrogen (secondary N) is 1. The van der Waals surface area contributed by atoms with E-state index in [4.69, 9.17) is 11.6 Å². The predicted molar refractivity (Wildman–Crippen MR) is 99.2 cm³/mol. The average Bonchev–Trinajstić information content (AvgIpc) is 2.92. The molecule has 0 radical (unpaired) electrons. The van der Waals surface area contributed by atoms with Gasteiger partial charge in [-0.15, -0.1) is 11.3 Å². The minimum absolute atomic E-state index is 0.119. The number of benzene rings is 2. The van der Waals surface area contributed by atoms with Crippen molar-refractivity contribution in [3.63, 3.8) is 0 Å². The molecule has 4 nitrogen and oxygen atoms in total. The fourth-order valence-corrected chi connectivity index (χ4v) is 3.75. The first-order chi connectivity index (χ1) is 11.5. The minimum atomic E-state index is -0.282. The smallest absolute Gasteiger partial charge is 0.267 e. The first-order valence-corrected chi connectivity index (χ1v) is 8.47. The molecular weight excluding hydrogens is 344 g/mol. The van der Waals surface area contributed by atoms with E-state index < -0.39 is 0 Å². The van der Waals surface area contributed by atoms with Crippen molar-refractivity contribution in [2.24, 2.45) is 0 Å². The summed E-state index contributed by atoms with van der Waals surface area (Å²) in [6, 6.07) is 14.5. The lowest BCUT2D eigenvalue weighted by Crippen LogP contribution is -2.21. The van der Waals surface area contributed by atoms with Crippen LogP contribution in [0.2, 0.25) is 5.02 Å². The van der Waals surface area contributed by atoms with Crippen LogP contribution in [0, 0.1) is 0 Å². The quantitative estimate of drug-likeness (QED) is 0.748. The van der Waals surface area contributed by atoms with Crippen LogP contribution in [0.5, 0.6) is 0 Å². The molecule has 3 rings (SSSR count). The van der Waals surface area contributed by atoms with Crippen LogP contribution in [0.15, 0.2) is 48.5 Å². The number of hydrogen-bond acceptors (Lipinski definition) is 3. The average molecular weight is 359 g/mol. The van der Waals surface area contributed by atoms with E-state index >= 15 is 0 Å². The highest BCUT2D eigenvalue weighted by Gasteiger charge is 2.17. The van der Waals surface area contributed by atoms with Crippen LogP contribution in [0.4, 0.5) is 5.69 Å². The molecule has 0 unspecified atom stereocenters. The second-order valence-electron chi connectivity index (χ2n) is 5.48. The summed E-state index contributed by atoms with van der Waals surface area (Å²) in [5.41, 5.74) is 1.07. The molecule has 24 heavy (non-hydrogen) atoms. The molecule has 6 heteroatoms. The number of halogens is 1. The van der Waals surface area contributed by atoms with Gasteiger partial charge in [0.15, 0.2) is 0 Å². The molecule has 1 N–H and O–H groups in total. The number of rotatable bonds is 3. The zero-order valence-electron chi connectivity index (χ0n) is 13.2. The van der Waals surface area contributed by atoms with Gasteiger partial charge in [-0.2, -0.15) is 0 Å². The predicted octanol–water partition coefficient (Wildman–Crippen LogP) is 4.51. The Morgan fingerprint density at radius 2 is 1.83 bits per heavy atom. The number of nitrogens with zero attached hydrogens (tertiary/aromatic N) is 1. The van der Waals surface area contributed by atoms with Crippen LogP contribution < -0.4 is 5.32 Å². The van der Waals surface area contributed by atoms with Crippen LogP contribution in [-0.4, -0.2) is 30.8 Å². The Kier molecular flexibility index (Phi) is 4.55. The maximum Gasteiger partial charge on any atom is 0.267 e. The molecule has 2 aromatic carbocycles. The Bertz CT molecular complexity index is 934. The van der Waals surface area contributed by atoms with E-state index in [1.165, 1.54) is 16.2 Å². The second kappa shape index (κ2) is 6.63. The van der Waals surface area contributed by atoms with Crippen molar-refractivity contribution >= 4 is 50.5 Å². The molecule has 122 valence electrons. The lowest BCUT2D eigenvalue weighted by atomic mass is 10.2. The van der Waals surface area contributed by atoms with E-state index in [9.17, 15) is 9.59 Å². The Morgan fingerprint density at radius 1 is 1.08 bits per heavy atom. The highest BCUT2D eigenvalue weighted by molar-refractivity contribution is 7.21. The molecule has 0 aliphatic carbocycles. The third-order valence-corrected chi connectivity index (χ3v) is 5.19. The SMILES string of the molecule is CN(C)C(=O)c1cccc(NC(=O)c2sc3ccccc3c2Cl)c1. The third kappa shape index (κ3) is 3.13. The van der Waals surface area contributed by atoms with E-state index in [0.29, 0.717) is 21.2 Å². The molecule has 0 aliphatic heterocycles. The van der Waals surface area contributed by atoms with Crippen molar-refractivity contribution in [3.05, 3.63) is 64.0 Å². The number of carbonyl (C=O) groups excluding carboxylic acids is 2. The van der Waals surface area contributed by atoms with E-state index in [1.807, 2.05) is 24.3 Å². The van der Waals surface area contributed by atoms with Gasteiger partial charge in [-0.3, -0.25) is 9.59 Å². The van der Waals surface area contributed by atoms with Crippen LogP contribution in [0.3, 0.4) is 0 Å². The molecule has 0 aliphatic rings. The molecule has 3 aromatic rings. The summed E-state index contributed by atoms with van der Waals surface area (Å²) >= 11 is 7.68. The van der Waals surface area contributed by atoms with Gasteiger partial charge in [0.05, 0.1) is 5.02 Å². The molecule has 2 amide bonds. The van der Waals surface area contributed by atoms with Gasteiger partial charge in [0.1, 0.15) is 4.88 Å². The topological polar surface area (TPSA) is 49.4 Å². The summed E-state index contributed by atoms with van der Waals surface area (Å²) in [7, 11) is 3.37. The number of fused-ring (bicyclic) bond motifs is 1. The van der Waals surface area contributed by atoms with Gasteiger partial charge in [-0.05, 0) is 24.3 Å². The standard InChI is InChI=1S/C18H15ClN2O2S/c1-21(2)18(23)11-6-5-7-12(10-11)20-17(22)16-15(19)13-8-3-4-9-14(13)24-16/h3-10H,1-2H3,(H,20,22). The highest BCUT2D eigenvalue weighted by Crippen LogP contribution is 2.35. The largest absolute Gasteiger partial charge is 0.345 e. The number of thiophene rings is 1. The van der Waals surface area contributed by atoms with Crippen molar-refractivity contribution in [3.8, 4) is 0 Å². The lowest BCUT2D eigenvalue weighted by molar-refractivity contribution is 0.0827. The molecule has 0 spiro atoms. The van der Waals surface area contributed by atoms with Gasteiger partial charge in [0.25, 0.3) is 11.8 Å². The van der Waals surface area contributed by atoms with Crippen molar-refractivity contribution in [1.29, 1.82) is 0 Å². The first kappa shape index (κ1) is 16.5. The van der Waals surface area contributed by atoms with E-state index in [-0.39, 0.29) is 11.8 Å². The lowest BCUT2D eigenvalue weighted by Gasteiger charge is -2.11. The number of anilines is 1. The van der Waals surface area contributed by atoms with Gasteiger partial charge in [-0.25, -0.2) is 0 Å². The summed E-state index contributed by atoms with van der Waals surface area (Å²) < 4.78 is 0.962. The fourth-order valence-electron chi connectivity index (χ4n) is 2.34. The highest BCUT2D eigenvalue weighted by atomic mass is 35.5. The van der Waals surface area contributed by atoms with Crippen LogP contribution in [0.25, 0.3) is 10.1 Å². The Labute approximate surface area is 148 Å². The summed E-state index contributed by atoms with van der Waals surface area (Å²) in [5, 5.41) is 4.13. The van der Waals surface area contributed by atoms with E-state index in [1.54, 1.807) is 38.4 Å². The third-order valence-electron chi connectivity index (χ3n) is 3.51. The maximum atomic E-state index is 12.5. The Morgan fingerprint density at radius 3 is 2.54 bits per heavy atom. The van der Waals surface area contributed by atoms with Crippen LogP contribution in [0.1, 0.15) is 20.0 Å². The molecule has 0 saturated carbocycles. The molecule has 1 heterocycles. The van der Waals surface area contributed by atoms with Crippen LogP contribution >= 0.6 is 22.9 Å². The van der Waals surface area contributed by atoms with Crippen molar-refractivity contribution in [2.45, 2.75) is 0 Å². The van der Waals surface area contributed by atoms with Gasteiger partial charge < -0.3 is 10.2 Å². The normalized spacial score (nSPS) is 10.6. The Balaban J connectivity index is 1.88.